The maximum atomic E-state index is 5.62. The van der Waals surface area contributed by atoms with Crippen LogP contribution < -0.4 is 4.90 Å². The molecule has 2 heterocycles. The Balaban J connectivity index is 2.25. The van der Waals surface area contributed by atoms with E-state index in [0.717, 1.165) is 23.4 Å². The predicted molar refractivity (Wildman–Crippen MR) is 68.9 cm³/mol. The summed E-state index contributed by atoms with van der Waals surface area (Å²) < 4.78 is 6.68. The molecule has 1 fully saturated rings. The first kappa shape index (κ1) is 11.9. The van der Waals surface area contributed by atoms with Crippen LogP contribution in [0.25, 0.3) is 0 Å². The van der Waals surface area contributed by atoms with Gasteiger partial charge < -0.3 is 9.64 Å². The summed E-state index contributed by atoms with van der Waals surface area (Å²) >= 11 is 3.47. The fourth-order valence-electron chi connectivity index (χ4n) is 1.94. The summed E-state index contributed by atoms with van der Waals surface area (Å²) in [6.45, 7) is 8.08. The third-order valence-corrected chi connectivity index (χ3v) is 4.04. The summed E-state index contributed by atoms with van der Waals surface area (Å²) in [6, 6.07) is 2.50. The molecule has 16 heavy (non-hydrogen) atoms. The number of aryl methyl sites for hydroxylation is 1. The van der Waals surface area contributed by atoms with Gasteiger partial charge in [0.15, 0.2) is 0 Å². The average molecular weight is 285 g/mol. The maximum absolute atomic E-state index is 5.62. The van der Waals surface area contributed by atoms with Gasteiger partial charge in [0.1, 0.15) is 5.82 Å². The van der Waals surface area contributed by atoms with E-state index in [9.17, 15) is 0 Å². The van der Waals surface area contributed by atoms with Crippen molar-refractivity contribution in [3.05, 3.63) is 22.3 Å². The number of rotatable bonds is 1. The molecule has 88 valence electrons. The summed E-state index contributed by atoms with van der Waals surface area (Å²) in [6.07, 6.45) is 2.14. The van der Waals surface area contributed by atoms with E-state index in [1.165, 1.54) is 5.56 Å². The molecule has 1 aromatic heterocycles. The van der Waals surface area contributed by atoms with Gasteiger partial charge in [-0.1, -0.05) is 0 Å². The number of ether oxygens (including phenoxy) is 1. The van der Waals surface area contributed by atoms with Crippen LogP contribution in [0.4, 0.5) is 5.82 Å². The molecule has 0 aliphatic carbocycles. The van der Waals surface area contributed by atoms with Gasteiger partial charge >= 0.3 is 0 Å². The van der Waals surface area contributed by atoms with E-state index in [4.69, 9.17) is 4.74 Å². The van der Waals surface area contributed by atoms with E-state index in [-0.39, 0.29) is 6.10 Å². The summed E-state index contributed by atoms with van der Waals surface area (Å²) in [5.74, 6) is 1.04. The lowest BCUT2D eigenvalue weighted by Gasteiger charge is -2.38. The quantitative estimate of drug-likeness (QED) is 0.793. The Hall–Kier alpha value is -0.610. The second-order valence-electron chi connectivity index (χ2n) is 4.30. The first-order chi connectivity index (χ1) is 7.59. The van der Waals surface area contributed by atoms with E-state index in [2.05, 4.69) is 52.7 Å². The first-order valence-electron chi connectivity index (χ1n) is 5.60. The lowest BCUT2D eigenvalue weighted by atomic mass is 10.1. The van der Waals surface area contributed by atoms with Crippen molar-refractivity contribution in [1.82, 2.24) is 4.98 Å². The highest BCUT2D eigenvalue weighted by molar-refractivity contribution is 9.10. The lowest BCUT2D eigenvalue weighted by molar-refractivity contribution is 0.0281. The second kappa shape index (κ2) is 4.72. The molecule has 2 rings (SSSR count). The zero-order valence-electron chi connectivity index (χ0n) is 9.90. The number of hydrogen-bond acceptors (Lipinski definition) is 3. The molecule has 1 aliphatic heterocycles. The molecular weight excluding hydrogens is 268 g/mol. The smallest absolute Gasteiger partial charge is 0.129 e. The molecule has 0 radical (unpaired) electrons. The molecule has 0 N–H and O–H groups in total. The third kappa shape index (κ3) is 2.23. The molecule has 1 saturated heterocycles. The Morgan fingerprint density at radius 1 is 1.50 bits per heavy atom. The second-order valence-corrected chi connectivity index (χ2v) is 5.16. The third-order valence-electron chi connectivity index (χ3n) is 3.21. The maximum Gasteiger partial charge on any atom is 0.129 e. The van der Waals surface area contributed by atoms with Crippen molar-refractivity contribution in [1.29, 1.82) is 0 Å². The Morgan fingerprint density at radius 3 is 2.94 bits per heavy atom. The van der Waals surface area contributed by atoms with Gasteiger partial charge in [-0.05, 0) is 48.3 Å². The number of anilines is 1. The Labute approximate surface area is 105 Å². The SMILES string of the molecule is Cc1cc(N2CCOC(C)C2C)ncc1Br. The van der Waals surface area contributed by atoms with Crippen molar-refractivity contribution in [2.45, 2.75) is 32.9 Å². The van der Waals surface area contributed by atoms with Gasteiger partial charge in [-0.2, -0.15) is 0 Å². The van der Waals surface area contributed by atoms with E-state index in [1.54, 1.807) is 0 Å². The molecule has 0 aromatic carbocycles. The van der Waals surface area contributed by atoms with Crippen LogP contribution in [0.15, 0.2) is 16.7 Å². The van der Waals surface area contributed by atoms with Gasteiger partial charge in [0, 0.05) is 17.2 Å². The average Bonchev–Trinajstić information content (AvgIpc) is 2.26. The number of pyridine rings is 1. The van der Waals surface area contributed by atoms with Crippen molar-refractivity contribution in [2.75, 3.05) is 18.1 Å². The molecule has 0 spiro atoms. The summed E-state index contributed by atoms with van der Waals surface area (Å²) in [5, 5.41) is 0. The molecule has 3 nitrogen and oxygen atoms in total. The number of morpholine rings is 1. The first-order valence-corrected chi connectivity index (χ1v) is 6.39. The van der Waals surface area contributed by atoms with Gasteiger partial charge in [0.25, 0.3) is 0 Å². The Bertz CT molecular complexity index is 383. The number of nitrogens with zero attached hydrogens (tertiary/aromatic N) is 2. The van der Waals surface area contributed by atoms with Crippen LogP contribution in [-0.2, 0) is 4.74 Å². The highest BCUT2D eigenvalue weighted by Crippen LogP contribution is 2.24. The highest BCUT2D eigenvalue weighted by Gasteiger charge is 2.26. The van der Waals surface area contributed by atoms with E-state index < -0.39 is 0 Å². The topological polar surface area (TPSA) is 25.4 Å². The molecule has 4 heteroatoms. The minimum absolute atomic E-state index is 0.263. The fraction of sp³-hybridized carbons (Fsp3) is 0.583. The largest absolute Gasteiger partial charge is 0.375 e. The summed E-state index contributed by atoms with van der Waals surface area (Å²) in [7, 11) is 0. The molecule has 1 aromatic rings. The van der Waals surface area contributed by atoms with Crippen LogP contribution in [-0.4, -0.2) is 30.3 Å². The van der Waals surface area contributed by atoms with E-state index >= 15 is 0 Å². The molecule has 2 atom stereocenters. The van der Waals surface area contributed by atoms with Crippen LogP contribution >= 0.6 is 15.9 Å². The Morgan fingerprint density at radius 2 is 2.25 bits per heavy atom. The Kier molecular flexibility index (Phi) is 3.50. The predicted octanol–water partition coefficient (Wildman–Crippen LogP) is 2.77. The van der Waals surface area contributed by atoms with Crippen molar-refractivity contribution < 1.29 is 4.74 Å². The molecule has 1 aliphatic rings. The molecular formula is C12H17BrN2O. The lowest BCUT2D eigenvalue weighted by Crippen LogP contribution is -2.49. The molecule has 2 unspecified atom stereocenters. The van der Waals surface area contributed by atoms with Gasteiger partial charge in [0.2, 0.25) is 0 Å². The van der Waals surface area contributed by atoms with E-state index in [1.807, 2.05) is 6.20 Å². The van der Waals surface area contributed by atoms with Gasteiger partial charge in [-0.25, -0.2) is 4.98 Å². The zero-order chi connectivity index (χ0) is 11.7. The standard InChI is InChI=1S/C12H17BrN2O/c1-8-6-12(14-7-11(8)13)15-4-5-16-10(3)9(15)2/h6-7,9-10H,4-5H2,1-3H3. The van der Waals surface area contributed by atoms with Crippen molar-refractivity contribution in [3.63, 3.8) is 0 Å². The highest BCUT2D eigenvalue weighted by atomic mass is 79.9. The van der Waals surface area contributed by atoms with Gasteiger partial charge in [-0.15, -0.1) is 0 Å². The number of halogens is 1. The van der Waals surface area contributed by atoms with E-state index in [0.29, 0.717) is 6.04 Å². The number of aromatic nitrogens is 1. The fourth-order valence-corrected chi connectivity index (χ4v) is 2.15. The van der Waals surface area contributed by atoms with Crippen molar-refractivity contribution >= 4 is 21.7 Å². The molecule has 0 amide bonds. The minimum atomic E-state index is 0.263. The van der Waals surface area contributed by atoms with Crippen LogP contribution in [0.3, 0.4) is 0 Å². The molecule has 0 bridgehead atoms. The monoisotopic (exact) mass is 284 g/mol. The summed E-state index contributed by atoms with van der Waals surface area (Å²) in [4.78, 5) is 6.78. The normalized spacial score (nSPS) is 25.9. The zero-order valence-corrected chi connectivity index (χ0v) is 11.5. The van der Waals surface area contributed by atoms with Crippen LogP contribution in [0.2, 0.25) is 0 Å². The number of hydrogen-bond donors (Lipinski definition) is 0. The van der Waals surface area contributed by atoms with Crippen LogP contribution in [0.1, 0.15) is 19.4 Å². The minimum Gasteiger partial charge on any atom is -0.375 e. The van der Waals surface area contributed by atoms with Crippen molar-refractivity contribution in [3.8, 4) is 0 Å². The van der Waals surface area contributed by atoms with Crippen LogP contribution in [0, 0.1) is 6.92 Å². The van der Waals surface area contributed by atoms with Gasteiger partial charge in [-0.3, -0.25) is 0 Å². The van der Waals surface area contributed by atoms with Gasteiger partial charge in [0.05, 0.1) is 18.8 Å². The van der Waals surface area contributed by atoms with Crippen molar-refractivity contribution in [2.24, 2.45) is 0 Å². The molecule has 0 saturated carbocycles. The van der Waals surface area contributed by atoms with Crippen LogP contribution in [0.5, 0.6) is 0 Å². The summed E-state index contributed by atoms with van der Waals surface area (Å²) in [5.41, 5.74) is 1.22.